The largest absolute Gasteiger partial charge is 1.00 e. The number of imidazole rings is 1. The van der Waals surface area contributed by atoms with Crippen molar-refractivity contribution in [3.05, 3.63) is 59.9 Å². The zero-order valence-corrected chi connectivity index (χ0v) is 15.1. The summed E-state index contributed by atoms with van der Waals surface area (Å²) in [6, 6.07) is 16.5. The lowest BCUT2D eigenvalue weighted by Crippen LogP contribution is -3.00. The van der Waals surface area contributed by atoms with Crippen molar-refractivity contribution in [3.8, 4) is 5.75 Å². The Morgan fingerprint density at radius 2 is 1.68 bits per heavy atom. The van der Waals surface area contributed by atoms with Crippen LogP contribution in [0.25, 0.3) is 23.2 Å². The number of halogens is 1. The molecule has 22 heavy (non-hydrogen) atoms. The number of para-hydroxylation sites is 2. The number of hydrogen-bond donors (Lipinski definition) is 0. The Labute approximate surface area is 147 Å². The normalized spacial score (nSPS) is 10.9. The van der Waals surface area contributed by atoms with Crippen LogP contribution < -0.4 is 33.3 Å². The van der Waals surface area contributed by atoms with Gasteiger partial charge in [-0.25, -0.2) is 9.13 Å². The van der Waals surface area contributed by atoms with Gasteiger partial charge < -0.3 is 28.7 Å². The fourth-order valence-corrected chi connectivity index (χ4v) is 2.61. The standard InChI is InChI=1S/C18H19N2O.HI/c1-19-16-6-4-5-7-17(16)20(2)18(19)13-10-14-8-11-15(21-3)12-9-14;/h4-13H,1-3H3;1H/q+1;/p-1/b13-10+;. The molecular formula is C18H19IN2O. The summed E-state index contributed by atoms with van der Waals surface area (Å²) in [6.07, 6.45) is 4.26. The number of benzene rings is 2. The van der Waals surface area contributed by atoms with Crippen LogP contribution in [-0.4, -0.2) is 11.7 Å². The van der Waals surface area contributed by atoms with Crippen molar-refractivity contribution >= 4 is 23.2 Å². The molecule has 3 rings (SSSR count). The van der Waals surface area contributed by atoms with Gasteiger partial charge in [0, 0.05) is 6.08 Å². The van der Waals surface area contributed by atoms with Crippen LogP contribution in [0.3, 0.4) is 0 Å². The predicted molar refractivity (Wildman–Crippen MR) is 86.0 cm³/mol. The number of ether oxygens (including phenoxy) is 1. The smallest absolute Gasteiger partial charge is 0.281 e. The summed E-state index contributed by atoms with van der Waals surface area (Å²) in [5.74, 6) is 2.04. The highest BCUT2D eigenvalue weighted by Gasteiger charge is 2.16. The van der Waals surface area contributed by atoms with Gasteiger partial charge >= 0.3 is 0 Å². The van der Waals surface area contributed by atoms with Gasteiger partial charge in [-0.15, -0.1) is 0 Å². The Hall–Kier alpha value is -1.82. The summed E-state index contributed by atoms with van der Waals surface area (Å²) >= 11 is 0. The van der Waals surface area contributed by atoms with Crippen LogP contribution in [0.15, 0.2) is 48.5 Å². The van der Waals surface area contributed by atoms with E-state index in [9.17, 15) is 0 Å². The SMILES string of the molecule is COc1ccc(/C=C/c2n(C)c3ccccc3[n+]2C)cc1.[I-]. The molecule has 0 spiro atoms. The first kappa shape index (κ1) is 16.5. The maximum Gasteiger partial charge on any atom is 0.281 e. The second-order valence-corrected chi connectivity index (χ2v) is 5.07. The molecule has 114 valence electrons. The van der Waals surface area contributed by atoms with Gasteiger partial charge in [-0.3, -0.25) is 0 Å². The lowest BCUT2D eigenvalue weighted by atomic mass is 10.2. The van der Waals surface area contributed by atoms with E-state index in [2.05, 4.69) is 71.8 Å². The van der Waals surface area contributed by atoms with E-state index in [4.69, 9.17) is 4.74 Å². The minimum absolute atomic E-state index is 0. The van der Waals surface area contributed by atoms with Crippen molar-refractivity contribution in [2.45, 2.75) is 0 Å². The molecule has 0 aliphatic rings. The molecular weight excluding hydrogens is 387 g/mol. The Bertz CT molecular complexity index is 765. The first-order valence-electron chi connectivity index (χ1n) is 6.96. The van der Waals surface area contributed by atoms with Crippen LogP contribution >= 0.6 is 0 Å². The van der Waals surface area contributed by atoms with Crippen molar-refractivity contribution in [1.29, 1.82) is 0 Å². The molecule has 3 nitrogen and oxygen atoms in total. The van der Waals surface area contributed by atoms with Crippen LogP contribution in [-0.2, 0) is 14.1 Å². The fraction of sp³-hybridized carbons (Fsp3) is 0.167. The minimum Gasteiger partial charge on any atom is -1.00 e. The predicted octanol–water partition coefficient (Wildman–Crippen LogP) is 0.186. The Kier molecular flexibility index (Phi) is 5.24. The first-order chi connectivity index (χ1) is 10.2. The van der Waals surface area contributed by atoms with E-state index in [1.54, 1.807) is 7.11 Å². The summed E-state index contributed by atoms with van der Waals surface area (Å²) < 4.78 is 9.59. The zero-order chi connectivity index (χ0) is 14.8. The molecule has 0 radical (unpaired) electrons. The summed E-state index contributed by atoms with van der Waals surface area (Å²) in [4.78, 5) is 0. The molecule has 3 aromatic rings. The molecule has 0 bridgehead atoms. The average Bonchev–Trinajstić information content (AvgIpc) is 2.78. The highest BCUT2D eigenvalue weighted by Crippen LogP contribution is 2.16. The van der Waals surface area contributed by atoms with Gasteiger partial charge in [0.15, 0.2) is 11.0 Å². The topological polar surface area (TPSA) is 18.0 Å². The molecule has 0 aliphatic heterocycles. The van der Waals surface area contributed by atoms with Crippen molar-refractivity contribution < 1.29 is 33.3 Å². The van der Waals surface area contributed by atoms with Gasteiger partial charge in [0.05, 0.1) is 21.2 Å². The summed E-state index contributed by atoms with van der Waals surface area (Å²) in [7, 11) is 5.87. The van der Waals surface area contributed by atoms with Crippen molar-refractivity contribution in [2.24, 2.45) is 14.1 Å². The number of aromatic nitrogens is 2. The van der Waals surface area contributed by atoms with Crippen LogP contribution in [0.5, 0.6) is 5.75 Å². The molecule has 0 aliphatic carbocycles. The Morgan fingerprint density at radius 1 is 1.00 bits per heavy atom. The van der Waals surface area contributed by atoms with Gasteiger partial charge in [0.1, 0.15) is 5.75 Å². The molecule has 1 aromatic heterocycles. The van der Waals surface area contributed by atoms with Crippen LogP contribution in [0.4, 0.5) is 0 Å². The third-order valence-electron chi connectivity index (χ3n) is 3.83. The minimum atomic E-state index is 0. The van der Waals surface area contributed by atoms with Gasteiger partial charge in [-0.1, -0.05) is 24.3 Å². The van der Waals surface area contributed by atoms with Crippen LogP contribution in [0.1, 0.15) is 11.4 Å². The molecule has 2 aromatic carbocycles. The number of rotatable bonds is 3. The second-order valence-electron chi connectivity index (χ2n) is 5.07. The number of methoxy groups -OCH3 is 1. The van der Waals surface area contributed by atoms with Crippen molar-refractivity contribution in [1.82, 2.24) is 4.57 Å². The van der Waals surface area contributed by atoms with E-state index >= 15 is 0 Å². The third kappa shape index (κ3) is 3.02. The lowest BCUT2D eigenvalue weighted by molar-refractivity contribution is -0.647. The second kappa shape index (κ2) is 6.96. The third-order valence-corrected chi connectivity index (χ3v) is 3.83. The van der Waals surface area contributed by atoms with Gasteiger partial charge in [0.2, 0.25) is 0 Å². The Balaban J connectivity index is 0.00000176. The van der Waals surface area contributed by atoms with Crippen LogP contribution in [0, 0.1) is 0 Å². The van der Waals surface area contributed by atoms with E-state index in [-0.39, 0.29) is 24.0 Å². The number of fused-ring (bicyclic) bond motifs is 1. The van der Waals surface area contributed by atoms with E-state index in [1.165, 1.54) is 11.0 Å². The molecule has 0 saturated carbocycles. The molecule has 1 heterocycles. The molecule has 0 amide bonds. The highest BCUT2D eigenvalue weighted by molar-refractivity contribution is 5.75. The molecule has 0 saturated heterocycles. The number of aryl methyl sites for hydroxylation is 2. The number of nitrogens with zero attached hydrogens (tertiary/aromatic N) is 2. The van der Waals surface area contributed by atoms with E-state index in [0.29, 0.717) is 0 Å². The summed E-state index contributed by atoms with van der Waals surface area (Å²) in [6.45, 7) is 0. The molecule has 0 unspecified atom stereocenters. The average molecular weight is 406 g/mol. The van der Waals surface area contributed by atoms with Crippen LogP contribution in [0.2, 0.25) is 0 Å². The van der Waals surface area contributed by atoms with Gasteiger partial charge in [-0.2, -0.15) is 0 Å². The zero-order valence-electron chi connectivity index (χ0n) is 13.0. The summed E-state index contributed by atoms with van der Waals surface area (Å²) in [5.41, 5.74) is 3.62. The molecule has 0 atom stereocenters. The highest BCUT2D eigenvalue weighted by atomic mass is 127. The molecule has 0 fully saturated rings. The van der Waals surface area contributed by atoms with Crippen molar-refractivity contribution in [2.75, 3.05) is 7.11 Å². The summed E-state index contributed by atoms with van der Waals surface area (Å²) in [5, 5.41) is 0. The fourth-order valence-electron chi connectivity index (χ4n) is 2.61. The first-order valence-corrected chi connectivity index (χ1v) is 6.96. The van der Waals surface area contributed by atoms with Gasteiger partial charge in [0.25, 0.3) is 5.82 Å². The maximum atomic E-state index is 5.18. The van der Waals surface area contributed by atoms with Gasteiger partial charge in [-0.05, 0) is 35.9 Å². The monoisotopic (exact) mass is 406 g/mol. The molecule has 4 heteroatoms. The Morgan fingerprint density at radius 3 is 2.32 bits per heavy atom. The lowest BCUT2D eigenvalue weighted by Gasteiger charge is -1.98. The quantitative estimate of drug-likeness (QED) is 0.449. The van der Waals surface area contributed by atoms with Crippen molar-refractivity contribution in [3.63, 3.8) is 0 Å². The number of hydrogen-bond acceptors (Lipinski definition) is 1. The van der Waals surface area contributed by atoms with E-state index in [0.717, 1.165) is 17.1 Å². The maximum absolute atomic E-state index is 5.18. The van der Waals surface area contributed by atoms with E-state index in [1.807, 2.05) is 12.1 Å². The van der Waals surface area contributed by atoms with E-state index < -0.39 is 0 Å². The molecule has 0 N–H and O–H groups in total.